The second-order valence-electron chi connectivity index (χ2n) is 3.10. The zero-order valence-electron chi connectivity index (χ0n) is 8.02. The summed E-state index contributed by atoms with van der Waals surface area (Å²) in [6, 6.07) is 3.09. The summed E-state index contributed by atoms with van der Waals surface area (Å²) in [5.41, 5.74) is 3.55. The standard InChI is InChI=1S/C9H8F2N4S/c10-6-2-1-5(3-7(6)11)9(13-12)8-4-16-15-14-8/h1-4,9,13H,12H2. The van der Waals surface area contributed by atoms with Crippen molar-refractivity contribution in [1.82, 2.24) is 15.0 Å². The Balaban J connectivity index is 2.37. The quantitative estimate of drug-likeness (QED) is 0.630. The third kappa shape index (κ3) is 2.06. The van der Waals surface area contributed by atoms with Gasteiger partial charge >= 0.3 is 0 Å². The van der Waals surface area contributed by atoms with Crippen LogP contribution in [0.15, 0.2) is 23.6 Å². The average Bonchev–Trinajstić information content (AvgIpc) is 2.78. The largest absolute Gasteiger partial charge is 0.271 e. The van der Waals surface area contributed by atoms with Gasteiger partial charge in [-0.1, -0.05) is 10.6 Å². The summed E-state index contributed by atoms with van der Waals surface area (Å²) < 4.78 is 29.5. The Morgan fingerprint density at radius 2 is 2.12 bits per heavy atom. The molecule has 0 radical (unpaired) electrons. The van der Waals surface area contributed by atoms with Crippen LogP contribution in [-0.4, -0.2) is 9.59 Å². The van der Waals surface area contributed by atoms with Crippen LogP contribution < -0.4 is 11.3 Å². The first-order valence-electron chi connectivity index (χ1n) is 4.40. The number of hydrogen-bond acceptors (Lipinski definition) is 5. The van der Waals surface area contributed by atoms with E-state index in [-0.39, 0.29) is 0 Å². The number of nitrogens with zero attached hydrogens (tertiary/aromatic N) is 2. The Labute approximate surface area is 94.2 Å². The minimum atomic E-state index is -0.916. The van der Waals surface area contributed by atoms with Gasteiger partial charge in [-0.2, -0.15) is 0 Å². The van der Waals surface area contributed by atoms with Gasteiger partial charge in [-0.25, -0.2) is 14.2 Å². The highest BCUT2D eigenvalue weighted by Crippen LogP contribution is 2.21. The van der Waals surface area contributed by atoms with Crippen molar-refractivity contribution in [3.63, 3.8) is 0 Å². The van der Waals surface area contributed by atoms with E-state index in [1.54, 1.807) is 5.38 Å². The molecule has 0 saturated heterocycles. The van der Waals surface area contributed by atoms with Gasteiger partial charge in [-0.3, -0.25) is 5.84 Å². The van der Waals surface area contributed by atoms with Gasteiger partial charge in [0, 0.05) is 5.38 Å². The van der Waals surface area contributed by atoms with Gasteiger partial charge in [-0.15, -0.1) is 5.10 Å². The van der Waals surface area contributed by atoms with E-state index in [9.17, 15) is 8.78 Å². The summed E-state index contributed by atoms with van der Waals surface area (Å²) in [6.45, 7) is 0. The molecule has 3 N–H and O–H groups in total. The molecule has 1 unspecified atom stereocenters. The van der Waals surface area contributed by atoms with E-state index in [0.29, 0.717) is 11.3 Å². The first-order chi connectivity index (χ1) is 7.72. The number of nitrogens with one attached hydrogen (secondary N) is 1. The highest BCUT2D eigenvalue weighted by molar-refractivity contribution is 7.03. The molecule has 0 spiro atoms. The number of aromatic nitrogens is 2. The van der Waals surface area contributed by atoms with E-state index < -0.39 is 17.7 Å². The SMILES string of the molecule is NNC(c1ccc(F)c(F)c1)c1csnn1. The molecule has 1 atom stereocenters. The van der Waals surface area contributed by atoms with Gasteiger partial charge in [0.1, 0.15) is 0 Å². The lowest BCUT2D eigenvalue weighted by molar-refractivity contribution is 0.503. The van der Waals surface area contributed by atoms with E-state index >= 15 is 0 Å². The van der Waals surface area contributed by atoms with Crippen molar-refractivity contribution in [3.05, 3.63) is 46.5 Å². The topological polar surface area (TPSA) is 63.8 Å². The van der Waals surface area contributed by atoms with Crippen LogP contribution in [0.5, 0.6) is 0 Å². The maximum atomic E-state index is 13.0. The van der Waals surface area contributed by atoms with E-state index in [1.807, 2.05) is 0 Å². The molecule has 2 aromatic rings. The molecule has 0 fully saturated rings. The molecule has 1 heterocycles. The van der Waals surface area contributed by atoms with Crippen molar-refractivity contribution in [2.75, 3.05) is 0 Å². The number of hydrazine groups is 1. The van der Waals surface area contributed by atoms with Gasteiger partial charge < -0.3 is 0 Å². The Kier molecular flexibility index (Phi) is 3.18. The smallest absolute Gasteiger partial charge is 0.159 e. The fraction of sp³-hybridized carbons (Fsp3) is 0.111. The summed E-state index contributed by atoms with van der Waals surface area (Å²) in [5.74, 6) is 3.55. The molecule has 4 nitrogen and oxygen atoms in total. The predicted octanol–water partition coefficient (Wildman–Crippen LogP) is 1.37. The molecule has 0 aliphatic carbocycles. The third-order valence-electron chi connectivity index (χ3n) is 2.12. The molecule has 7 heteroatoms. The van der Waals surface area contributed by atoms with Crippen LogP contribution in [0.25, 0.3) is 0 Å². The lowest BCUT2D eigenvalue weighted by Crippen LogP contribution is -2.29. The van der Waals surface area contributed by atoms with Crippen LogP contribution in [0.2, 0.25) is 0 Å². The van der Waals surface area contributed by atoms with Crippen molar-refractivity contribution in [2.45, 2.75) is 6.04 Å². The Morgan fingerprint density at radius 1 is 1.31 bits per heavy atom. The van der Waals surface area contributed by atoms with E-state index in [4.69, 9.17) is 5.84 Å². The molecule has 0 saturated carbocycles. The summed E-state index contributed by atoms with van der Waals surface area (Å²) in [4.78, 5) is 0. The molecule has 0 aliphatic heterocycles. The molecule has 0 aliphatic rings. The van der Waals surface area contributed by atoms with E-state index in [2.05, 4.69) is 15.0 Å². The predicted molar refractivity (Wildman–Crippen MR) is 55.4 cm³/mol. The van der Waals surface area contributed by atoms with Crippen LogP contribution >= 0.6 is 11.5 Å². The normalized spacial score (nSPS) is 12.7. The molecular formula is C9H8F2N4S. The fourth-order valence-corrected chi connectivity index (χ4v) is 1.82. The van der Waals surface area contributed by atoms with Gasteiger partial charge in [0.15, 0.2) is 11.6 Å². The first kappa shape index (κ1) is 11.1. The third-order valence-corrected chi connectivity index (χ3v) is 2.64. The maximum absolute atomic E-state index is 13.0. The second-order valence-corrected chi connectivity index (χ2v) is 3.71. The summed E-state index contributed by atoms with van der Waals surface area (Å²) >= 11 is 1.16. The lowest BCUT2D eigenvalue weighted by atomic mass is 10.1. The number of benzene rings is 1. The minimum absolute atomic E-state index is 0.492. The number of nitrogens with two attached hydrogens (primary N) is 1. The monoisotopic (exact) mass is 242 g/mol. The zero-order valence-corrected chi connectivity index (χ0v) is 8.84. The molecule has 1 aromatic carbocycles. The molecule has 2 rings (SSSR count). The van der Waals surface area contributed by atoms with Gasteiger partial charge in [-0.05, 0) is 29.2 Å². The molecule has 16 heavy (non-hydrogen) atoms. The first-order valence-corrected chi connectivity index (χ1v) is 5.24. The van der Waals surface area contributed by atoms with Crippen LogP contribution in [0.4, 0.5) is 8.78 Å². The Bertz CT molecular complexity index is 474. The van der Waals surface area contributed by atoms with Crippen LogP contribution in [0.3, 0.4) is 0 Å². The summed E-state index contributed by atoms with van der Waals surface area (Å²) in [7, 11) is 0. The van der Waals surface area contributed by atoms with Crippen LogP contribution in [0.1, 0.15) is 17.3 Å². The zero-order chi connectivity index (χ0) is 11.5. The Hall–Kier alpha value is -1.44. The Morgan fingerprint density at radius 3 is 2.69 bits per heavy atom. The fourth-order valence-electron chi connectivity index (χ4n) is 1.34. The minimum Gasteiger partial charge on any atom is -0.271 e. The van der Waals surface area contributed by atoms with Crippen LogP contribution in [0, 0.1) is 11.6 Å². The van der Waals surface area contributed by atoms with Crippen molar-refractivity contribution < 1.29 is 8.78 Å². The van der Waals surface area contributed by atoms with E-state index in [1.165, 1.54) is 6.07 Å². The molecular weight excluding hydrogens is 234 g/mol. The molecule has 0 amide bonds. The van der Waals surface area contributed by atoms with Crippen molar-refractivity contribution in [2.24, 2.45) is 5.84 Å². The lowest BCUT2D eigenvalue weighted by Gasteiger charge is -2.13. The number of rotatable bonds is 3. The highest BCUT2D eigenvalue weighted by Gasteiger charge is 2.16. The van der Waals surface area contributed by atoms with Crippen molar-refractivity contribution in [1.29, 1.82) is 0 Å². The molecule has 84 valence electrons. The maximum Gasteiger partial charge on any atom is 0.159 e. The molecule has 1 aromatic heterocycles. The number of halogens is 2. The van der Waals surface area contributed by atoms with Crippen LogP contribution in [-0.2, 0) is 0 Å². The summed E-state index contributed by atoms with van der Waals surface area (Å²) in [5, 5.41) is 5.51. The second kappa shape index (κ2) is 4.60. The van der Waals surface area contributed by atoms with Gasteiger partial charge in [0.25, 0.3) is 0 Å². The van der Waals surface area contributed by atoms with Crippen molar-refractivity contribution >= 4 is 11.5 Å². The van der Waals surface area contributed by atoms with Gasteiger partial charge in [0.2, 0.25) is 0 Å². The van der Waals surface area contributed by atoms with Crippen molar-refractivity contribution in [3.8, 4) is 0 Å². The van der Waals surface area contributed by atoms with Gasteiger partial charge in [0.05, 0.1) is 11.7 Å². The average molecular weight is 242 g/mol. The molecule has 0 bridgehead atoms. The van der Waals surface area contributed by atoms with E-state index in [0.717, 1.165) is 23.7 Å². The summed E-state index contributed by atoms with van der Waals surface area (Å²) in [6.07, 6.45) is 0. The highest BCUT2D eigenvalue weighted by atomic mass is 32.1. The number of hydrogen-bond donors (Lipinski definition) is 2.